The van der Waals surface area contributed by atoms with Crippen molar-refractivity contribution in [3.8, 4) is 5.75 Å². The first-order valence-corrected chi connectivity index (χ1v) is 8.32. The normalized spacial score (nSPS) is 14.1. The number of thioether (sulfide) groups is 1. The summed E-state index contributed by atoms with van der Waals surface area (Å²) in [7, 11) is 1.74. The van der Waals surface area contributed by atoms with Crippen molar-refractivity contribution < 1.29 is 4.74 Å². The first-order valence-electron chi connectivity index (χ1n) is 7.16. The smallest absolute Gasteiger partial charge is 0.123 e. The van der Waals surface area contributed by atoms with Crippen molar-refractivity contribution in [2.24, 2.45) is 5.92 Å². The van der Waals surface area contributed by atoms with E-state index in [1.807, 2.05) is 23.9 Å². The lowest BCUT2D eigenvalue weighted by Crippen LogP contribution is -2.23. The number of hydrogen-bond donors (Lipinski definition) is 1. The largest absolute Gasteiger partial charge is 0.496 e. The summed E-state index contributed by atoms with van der Waals surface area (Å²) >= 11 is 2.03. The number of benzene rings is 1. The van der Waals surface area contributed by atoms with Gasteiger partial charge in [-0.05, 0) is 24.3 Å². The van der Waals surface area contributed by atoms with E-state index in [-0.39, 0.29) is 0 Å². The fourth-order valence-corrected chi connectivity index (χ4v) is 3.27. The third kappa shape index (κ3) is 5.45. The van der Waals surface area contributed by atoms with Gasteiger partial charge < -0.3 is 10.1 Å². The van der Waals surface area contributed by atoms with E-state index in [1.165, 1.54) is 17.7 Å². The van der Waals surface area contributed by atoms with Crippen molar-refractivity contribution in [2.45, 2.75) is 33.2 Å². The lowest BCUT2D eigenvalue weighted by Gasteiger charge is -2.21. The summed E-state index contributed by atoms with van der Waals surface area (Å²) in [5.74, 6) is 4.11. The number of rotatable bonds is 9. The Hall–Kier alpha value is -0.670. The predicted octanol–water partition coefficient (Wildman–Crippen LogP) is 4.13. The van der Waals surface area contributed by atoms with Gasteiger partial charge in [-0.25, -0.2) is 0 Å². The molecule has 0 heterocycles. The van der Waals surface area contributed by atoms with Crippen LogP contribution in [-0.2, 0) is 0 Å². The summed E-state index contributed by atoms with van der Waals surface area (Å²) in [6.07, 6.45) is 1.26. The van der Waals surface area contributed by atoms with Crippen LogP contribution in [0.25, 0.3) is 0 Å². The maximum atomic E-state index is 5.47. The van der Waals surface area contributed by atoms with Crippen LogP contribution in [0.4, 0.5) is 0 Å². The first-order chi connectivity index (χ1) is 9.22. The van der Waals surface area contributed by atoms with Crippen molar-refractivity contribution in [3.63, 3.8) is 0 Å². The molecule has 0 aliphatic heterocycles. The molecule has 0 spiro atoms. The van der Waals surface area contributed by atoms with Gasteiger partial charge in [-0.2, -0.15) is 11.8 Å². The highest BCUT2D eigenvalue weighted by atomic mass is 32.2. The van der Waals surface area contributed by atoms with Crippen molar-refractivity contribution in [1.29, 1.82) is 0 Å². The zero-order chi connectivity index (χ0) is 14.1. The Balaban J connectivity index is 2.65. The van der Waals surface area contributed by atoms with Gasteiger partial charge in [0.05, 0.1) is 7.11 Å². The van der Waals surface area contributed by atoms with Crippen molar-refractivity contribution in [3.05, 3.63) is 29.8 Å². The van der Waals surface area contributed by atoms with Crippen molar-refractivity contribution in [2.75, 3.05) is 25.2 Å². The van der Waals surface area contributed by atoms with E-state index < -0.39 is 0 Å². The van der Waals surface area contributed by atoms with Crippen molar-refractivity contribution in [1.82, 2.24) is 5.32 Å². The van der Waals surface area contributed by atoms with Crippen LogP contribution in [0.2, 0.25) is 0 Å². The minimum absolute atomic E-state index is 0.371. The molecule has 0 aliphatic carbocycles. The molecule has 0 saturated heterocycles. The molecule has 2 unspecified atom stereocenters. The Morgan fingerprint density at radius 2 is 1.95 bits per heavy atom. The molecule has 0 fully saturated rings. The minimum atomic E-state index is 0.371. The van der Waals surface area contributed by atoms with Gasteiger partial charge in [0.2, 0.25) is 0 Å². The highest BCUT2D eigenvalue weighted by Gasteiger charge is 2.15. The van der Waals surface area contributed by atoms with Crippen LogP contribution in [0.5, 0.6) is 5.75 Å². The van der Waals surface area contributed by atoms with E-state index in [0.717, 1.165) is 24.0 Å². The van der Waals surface area contributed by atoms with Crippen LogP contribution in [0.3, 0.4) is 0 Å². The average Bonchev–Trinajstić information content (AvgIpc) is 2.46. The van der Waals surface area contributed by atoms with Gasteiger partial charge in [0.15, 0.2) is 0 Å². The van der Waals surface area contributed by atoms with Crippen LogP contribution >= 0.6 is 11.8 Å². The molecular formula is C16H27NOS. The maximum Gasteiger partial charge on any atom is 0.123 e. The third-order valence-corrected chi connectivity index (χ3v) is 4.72. The minimum Gasteiger partial charge on any atom is -0.496 e. The second-order valence-electron chi connectivity index (χ2n) is 4.90. The molecule has 108 valence electrons. The van der Waals surface area contributed by atoms with Crippen LogP contribution in [-0.4, -0.2) is 25.2 Å². The van der Waals surface area contributed by atoms with E-state index in [4.69, 9.17) is 4.74 Å². The summed E-state index contributed by atoms with van der Waals surface area (Å²) in [6.45, 7) is 7.71. The summed E-state index contributed by atoms with van der Waals surface area (Å²) in [6, 6.07) is 8.68. The summed E-state index contributed by atoms with van der Waals surface area (Å²) < 4.78 is 5.47. The Bertz CT molecular complexity index is 356. The topological polar surface area (TPSA) is 21.3 Å². The Morgan fingerprint density at radius 1 is 1.21 bits per heavy atom. The zero-order valence-electron chi connectivity index (χ0n) is 12.6. The molecule has 1 N–H and O–H groups in total. The number of hydrogen-bond acceptors (Lipinski definition) is 3. The first kappa shape index (κ1) is 16.4. The van der Waals surface area contributed by atoms with Crippen LogP contribution in [0, 0.1) is 5.92 Å². The van der Waals surface area contributed by atoms with Gasteiger partial charge in [-0.3, -0.25) is 0 Å². The molecule has 1 aromatic rings. The third-order valence-electron chi connectivity index (χ3n) is 3.35. The number of methoxy groups -OCH3 is 1. The summed E-state index contributed by atoms with van der Waals surface area (Å²) in [5, 5.41) is 3.56. The van der Waals surface area contributed by atoms with Crippen LogP contribution in [0.15, 0.2) is 24.3 Å². The number of ether oxygens (including phenoxy) is 1. The second kappa shape index (κ2) is 9.27. The van der Waals surface area contributed by atoms with Gasteiger partial charge >= 0.3 is 0 Å². The van der Waals surface area contributed by atoms with Gasteiger partial charge in [-0.15, -0.1) is 0 Å². The fraction of sp³-hybridized carbons (Fsp3) is 0.625. The maximum absolute atomic E-state index is 5.47. The molecular weight excluding hydrogens is 254 g/mol. The van der Waals surface area contributed by atoms with E-state index in [2.05, 4.69) is 38.2 Å². The molecule has 0 bridgehead atoms. The molecule has 2 nitrogen and oxygen atoms in total. The van der Waals surface area contributed by atoms with Crippen LogP contribution < -0.4 is 10.1 Å². The van der Waals surface area contributed by atoms with Gasteiger partial charge in [0.25, 0.3) is 0 Å². The molecule has 19 heavy (non-hydrogen) atoms. The SMILES string of the molecule is CCNC(CSCC(C)CC)c1ccccc1OC. The second-order valence-corrected chi connectivity index (χ2v) is 5.98. The number of nitrogens with one attached hydrogen (secondary N) is 1. The van der Waals surface area contributed by atoms with Crippen LogP contribution in [0.1, 0.15) is 38.8 Å². The lowest BCUT2D eigenvalue weighted by molar-refractivity contribution is 0.403. The van der Waals surface area contributed by atoms with Gasteiger partial charge in [-0.1, -0.05) is 45.4 Å². The Labute approximate surface area is 122 Å². The summed E-state index contributed by atoms with van der Waals surface area (Å²) in [4.78, 5) is 0. The molecule has 0 aliphatic rings. The monoisotopic (exact) mass is 281 g/mol. The Kier molecular flexibility index (Phi) is 7.99. The molecule has 2 atom stereocenters. The molecule has 0 amide bonds. The van der Waals surface area contributed by atoms with E-state index in [0.29, 0.717) is 6.04 Å². The highest BCUT2D eigenvalue weighted by Crippen LogP contribution is 2.28. The highest BCUT2D eigenvalue weighted by molar-refractivity contribution is 7.99. The van der Waals surface area contributed by atoms with Gasteiger partial charge in [0, 0.05) is 17.4 Å². The molecule has 0 saturated carbocycles. The van der Waals surface area contributed by atoms with Gasteiger partial charge in [0.1, 0.15) is 5.75 Å². The number of para-hydroxylation sites is 1. The fourth-order valence-electron chi connectivity index (χ4n) is 1.96. The molecule has 0 aromatic heterocycles. The van der Waals surface area contributed by atoms with Crippen molar-refractivity contribution >= 4 is 11.8 Å². The predicted molar refractivity (Wildman–Crippen MR) is 86.2 cm³/mol. The standard InChI is InChI=1S/C16H27NOS/c1-5-13(3)11-19-12-15(17-6-2)14-9-7-8-10-16(14)18-4/h7-10,13,15,17H,5-6,11-12H2,1-4H3. The lowest BCUT2D eigenvalue weighted by atomic mass is 10.1. The van der Waals surface area contributed by atoms with E-state index in [9.17, 15) is 0 Å². The average molecular weight is 281 g/mol. The van der Waals surface area contributed by atoms with E-state index in [1.54, 1.807) is 7.11 Å². The quantitative estimate of drug-likeness (QED) is 0.735. The molecule has 3 heteroatoms. The summed E-state index contributed by atoms with van der Waals surface area (Å²) in [5.41, 5.74) is 1.27. The van der Waals surface area contributed by atoms with E-state index >= 15 is 0 Å². The zero-order valence-corrected chi connectivity index (χ0v) is 13.4. The molecule has 1 aromatic carbocycles. The molecule has 0 radical (unpaired) electrons. The molecule has 1 rings (SSSR count). The Morgan fingerprint density at radius 3 is 2.58 bits per heavy atom.